The molecule has 3 N–H and O–H groups in total. The van der Waals surface area contributed by atoms with Gasteiger partial charge < -0.3 is 15.4 Å². The standard InChI is InChI=1S/C15H13N3O2/c19-9-11-5-6-16-8-14(11)18-15(20)13-7-10-3-1-2-4-12(10)17-13/h1-8,17,19H,9H2,(H,18,20). The van der Waals surface area contributed by atoms with E-state index in [0.29, 0.717) is 16.9 Å². The van der Waals surface area contributed by atoms with Crippen molar-refractivity contribution in [3.05, 3.63) is 60.0 Å². The molecule has 5 nitrogen and oxygen atoms in total. The Kier molecular flexibility index (Phi) is 3.18. The summed E-state index contributed by atoms with van der Waals surface area (Å²) in [5.41, 5.74) is 2.52. The molecule has 0 aliphatic rings. The minimum Gasteiger partial charge on any atom is -0.392 e. The summed E-state index contributed by atoms with van der Waals surface area (Å²) in [5.74, 6) is -0.260. The van der Waals surface area contributed by atoms with Crippen LogP contribution in [-0.4, -0.2) is 21.0 Å². The molecule has 0 saturated heterocycles. The zero-order valence-electron chi connectivity index (χ0n) is 10.6. The molecule has 0 spiro atoms. The van der Waals surface area contributed by atoms with E-state index >= 15 is 0 Å². The van der Waals surface area contributed by atoms with Crippen LogP contribution in [0.3, 0.4) is 0 Å². The molecule has 0 bridgehead atoms. The van der Waals surface area contributed by atoms with Crippen LogP contribution in [0.25, 0.3) is 10.9 Å². The number of carbonyl (C=O) groups is 1. The van der Waals surface area contributed by atoms with Crippen LogP contribution in [0.15, 0.2) is 48.8 Å². The average molecular weight is 267 g/mol. The van der Waals surface area contributed by atoms with Crippen molar-refractivity contribution >= 4 is 22.5 Å². The molecule has 0 aliphatic heterocycles. The molecule has 1 amide bonds. The highest BCUT2D eigenvalue weighted by Gasteiger charge is 2.11. The van der Waals surface area contributed by atoms with Gasteiger partial charge in [0.15, 0.2) is 0 Å². The Balaban J connectivity index is 1.89. The minimum atomic E-state index is -0.260. The van der Waals surface area contributed by atoms with Crippen LogP contribution in [0.5, 0.6) is 0 Å². The smallest absolute Gasteiger partial charge is 0.272 e. The van der Waals surface area contributed by atoms with Gasteiger partial charge in [0.1, 0.15) is 5.69 Å². The number of benzene rings is 1. The van der Waals surface area contributed by atoms with Gasteiger partial charge in [0, 0.05) is 22.7 Å². The number of hydrogen-bond donors (Lipinski definition) is 3. The fourth-order valence-electron chi connectivity index (χ4n) is 2.06. The Morgan fingerprint density at radius 2 is 2.15 bits per heavy atom. The van der Waals surface area contributed by atoms with E-state index in [1.807, 2.05) is 24.3 Å². The van der Waals surface area contributed by atoms with E-state index in [0.717, 1.165) is 10.9 Å². The predicted octanol–water partition coefficient (Wildman–Crippen LogP) is 2.31. The van der Waals surface area contributed by atoms with Gasteiger partial charge in [-0.3, -0.25) is 9.78 Å². The molecule has 0 radical (unpaired) electrons. The number of nitrogens with zero attached hydrogens (tertiary/aromatic N) is 1. The summed E-state index contributed by atoms with van der Waals surface area (Å²) < 4.78 is 0. The van der Waals surface area contributed by atoms with E-state index in [2.05, 4.69) is 15.3 Å². The van der Waals surface area contributed by atoms with Crippen molar-refractivity contribution in [2.24, 2.45) is 0 Å². The van der Waals surface area contributed by atoms with Crippen LogP contribution in [0, 0.1) is 0 Å². The number of hydrogen-bond acceptors (Lipinski definition) is 3. The van der Waals surface area contributed by atoms with Gasteiger partial charge in [-0.15, -0.1) is 0 Å². The maximum atomic E-state index is 12.2. The number of pyridine rings is 1. The number of aromatic amines is 1. The highest BCUT2D eigenvalue weighted by molar-refractivity contribution is 6.06. The summed E-state index contributed by atoms with van der Waals surface area (Å²) in [6, 6.07) is 11.1. The van der Waals surface area contributed by atoms with E-state index in [1.54, 1.807) is 18.3 Å². The van der Waals surface area contributed by atoms with E-state index in [1.165, 1.54) is 6.20 Å². The Morgan fingerprint density at radius 3 is 2.95 bits per heavy atom. The molecule has 5 heteroatoms. The highest BCUT2D eigenvalue weighted by Crippen LogP contribution is 2.17. The third-order valence-corrected chi connectivity index (χ3v) is 3.10. The van der Waals surface area contributed by atoms with Gasteiger partial charge in [0.05, 0.1) is 18.5 Å². The number of H-pyrrole nitrogens is 1. The molecule has 0 atom stereocenters. The zero-order chi connectivity index (χ0) is 13.9. The molecule has 0 aliphatic carbocycles. The Morgan fingerprint density at radius 1 is 1.30 bits per heavy atom. The minimum absolute atomic E-state index is 0.148. The van der Waals surface area contributed by atoms with E-state index in [-0.39, 0.29) is 12.5 Å². The van der Waals surface area contributed by atoms with E-state index in [9.17, 15) is 9.90 Å². The van der Waals surface area contributed by atoms with Gasteiger partial charge in [0.25, 0.3) is 5.91 Å². The SMILES string of the molecule is O=C(Nc1cnccc1CO)c1cc2ccccc2[nH]1. The van der Waals surface area contributed by atoms with Crippen molar-refractivity contribution in [2.75, 3.05) is 5.32 Å². The Labute approximate surface area is 115 Å². The van der Waals surface area contributed by atoms with Gasteiger partial charge in [-0.2, -0.15) is 0 Å². The predicted molar refractivity (Wildman–Crippen MR) is 76.4 cm³/mol. The second-order valence-corrected chi connectivity index (χ2v) is 4.42. The molecule has 0 fully saturated rings. The quantitative estimate of drug-likeness (QED) is 0.681. The molecule has 3 aromatic rings. The first-order valence-corrected chi connectivity index (χ1v) is 6.21. The summed E-state index contributed by atoms with van der Waals surface area (Å²) in [4.78, 5) is 19.2. The summed E-state index contributed by atoms with van der Waals surface area (Å²) in [6.45, 7) is -0.148. The molecule has 2 heterocycles. The maximum Gasteiger partial charge on any atom is 0.272 e. The highest BCUT2D eigenvalue weighted by atomic mass is 16.3. The fourth-order valence-corrected chi connectivity index (χ4v) is 2.06. The normalized spacial score (nSPS) is 10.7. The first-order chi connectivity index (χ1) is 9.78. The van der Waals surface area contributed by atoms with Crippen LogP contribution < -0.4 is 5.32 Å². The lowest BCUT2D eigenvalue weighted by molar-refractivity contribution is 0.102. The summed E-state index contributed by atoms with van der Waals surface area (Å²) >= 11 is 0. The Bertz CT molecular complexity index is 731. The van der Waals surface area contributed by atoms with Crippen LogP contribution >= 0.6 is 0 Å². The number of aliphatic hydroxyl groups excluding tert-OH is 1. The molecule has 20 heavy (non-hydrogen) atoms. The van der Waals surface area contributed by atoms with E-state index < -0.39 is 0 Å². The monoisotopic (exact) mass is 267 g/mol. The van der Waals surface area contributed by atoms with Crippen molar-refractivity contribution in [3.8, 4) is 0 Å². The molecule has 0 saturated carbocycles. The second kappa shape index (κ2) is 5.14. The number of rotatable bonds is 3. The third kappa shape index (κ3) is 2.26. The third-order valence-electron chi connectivity index (χ3n) is 3.10. The molecule has 0 unspecified atom stereocenters. The van der Waals surface area contributed by atoms with Crippen molar-refractivity contribution in [1.82, 2.24) is 9.97 Å². The number of amides is 1. The van der Waals surface area contributed by atoms with Gasteiger partial charge in [-0.25, -0.2) is 0 Å². The largest absolute Gasteiger partial charge is 0.392 e. The lowest BCUT2D eigenvalue weighted by atomic mass is 10.2. The summed E-state index contributed by atoms with van der Waals surface area (Å²) in [6.07, 6.45) is 3.09. The maximum absolute atomic E-state index is 12.2. The average Bonchev–Trinajstić information content (AvgIpc) is 2.92. The van der Waals surface area contributed by atoms with Gasteiger partial charge >= 0.3 is 0 Å². The van der Waals surface area contributed by atoms with Gasteiger partial charge in [-0.05, 0) is 18.2 Å². The Hall–Kier alpha value is -2.66. The summed E-state index contributed by atoms with van der Waals surface area (Å²) in [5, 5.41) is 13.0. The number of aromatic nitrogens is 2. The first-order valence-electron chi connectivity index (χ1n) is 6.21. The number of nitrogens with one attached hydrogen (secondary N) is 2. The molecule has 100 valence electrons. The lowest BCUT2D eigenvalue weighted by Crippen LogP contribution is -2.13. The van der Waals surface area contributed by atoms with Crippen LogP contribution in [0.2, 0.25) is 0 Å². The lowest BCUT2D eigenvalue weighted by Gasteiger charge is -2.07. The van der Waals surface area contributed by atoms with Crippen LogP contribution in [0.4, 0.5) is 5.69 Å². The molecule has 1 aromatic carbocycles. The zero-order valence-corrected chi connectivity index (χ0v) is 10.6. The molecular weight excluding hydrogens is 254 g/mol. The molecule has 2 aromatic heterocycles. The van der Waals surface area contributed by atoms with Gasteiger partial charge in [0.2, 0.25) is 0 Å². The second-order valence-electron chi connectivity index (χ2n) is 4.42. The van der Waals surface area contributed by atoms with Gasteiger partial charge in [-0.1, -0.05) is 18.2 Å². The van der Waals surface area contributed by atoms with Crippen LogP contribution in [-0.2, 0) is 6.61 Å². The number of anilines is 1. The number of aliphatic hydroxyl groups is 1. The number of para-hydroxylation sites is 1. The van der Waals surface area contributed by atoms with Crippen molar-refractivity contribution in [2.45, 2.75) is 6.61 Å². The van der Waals surface area contributed by atoms with Crippen molar-refractivity contribution in [3.63, 3.8) is 0 Å². The van der Waals surface area contributed by atoms with Crippen molar-refractivity contribution < 1.29 is 9.90 Å². The molecule has 3 rings (SSSR count). The fraction of sp³-hybridized carbons (Fsp3) is 0.0667. The molecular formula is C15H13N3O2. The number of fused-ring (bicyclic) bond motifs is 1. The van der Waals surface area contributed by atoms with E-state index in [4.69, 9.17) is 0 Å². The summed E-state index contributed by atoms with van der Waals surface area (Å²) in [7, 11) is 0. The first kappa shape index (κ1) is 12.4. The van der Waals surface area contributed by atoms with Crippen molar-refractivity contribution in [1.29, 1.82) is 0 Å². The number of carbonyl (C=O) groups excluding carboxylic acids is 1. The topological polar surface area (TPSA) is 78.0 Å². The van der Waals surface area contributed by atoms with Crippen LogP contribution in [0.1, 0.15) is 16.1 Å².